The van der Waals surface area contributed by atoms with Gasteiger partial charge in [-0.15, -0.1) is 29.7 Å². The molecule has 1 rings (SSSR count). The molecule has 0 aliphatic heterocycles. The summed E-state index contributed by atoms with van der Waals surface area (Å²) in [7, 11) is 0. The molecule has 1 aromatic rings. The molecule has 38 valence electrons. The first-order valence-electron chi connectivity index (χ1n) is 1.87. The standard InChI is InChI=1S/C5H3I2/c6-4-1-2-5(7)3-4/h1-3H/q-1. The van der Waals surface area contributed by atoms with Crippen molar-refractivity contribution in [3.8, 4) is 0 Å². The molecule has 0 aliphatic carbocycles. The van der Waals surface area contributed by atoms with Crippen LogP contribution < -0.4 is 0 Å². The molecule has 0 atom stereocenters. The van der Waals surface area contributed by atoms with Gasteiger partial charge in [-0.2, -0.15) is 18.2 Å². The molecule has 0 nitrogen and oxygen atoms in total. The second kappa shape index (κ2) is 2.39. The number of hydrogen-bond acceptors (Lipinski definition) is 0. The van der Waals surface area contributed by atoms with Crippen LogP contribution in [-0.2, 0) is 0 Å². The fraction of sp³-hybridized carbons (Fsp3) is 0. The Morgan fingerprint density at radius 1 is 1.43 bits per heavy atom. The van der Waals surface area contributed by atoms with Gasteiger partial charge in [-0.1, -0.05) is 22.6 Å². The van der Waals surface area contributed by atoms with Crippen LogP contribution in [0.5, 0.6) is 0 Å². The van der Waals surface area contributed by atoms with E-state index in [2.05, 4.69) is 63.4 Å². The van der Waals surface area contributed by atoms with Gasteiger partial charge in [-0.3, -0.25) is 0 Å². The van der Waals surface area contributed by atoms with Gasteiger partial charge in [0.15, 0.2) is 0 Å². The van der Waals surface area contributed by atoms with Crippen LogP contribution in [0.2, 0.25) is 0 Å². The van der Waals surface area contributed by atoms with E-state index >= 15 is 0 Å². The predicted molar refractivity (Wildman–Crippen MR) is 47.5 cm³/mol. The zero-order valence-electron chi connectivity index (χ0n) is 3.49. The van der Waals surface area contributed by atoms with Gasteiger partial charge in [0.1, 0.15) is 0 Å². The SMILES string of the molecule is Ic1c[cH-]c(I)c1. The molecule has 0 aromatic heterocycles. The molecule has 0 saturated heterocycles. The number of hydrogen-bond donors (Lipinski definition) is 0. The smallest absolute Gasteiger partial charge is 0.0744 e. The topological polar surface area (TPSA) is 0 Å². The molecule has 7 heavy (non-hydrogen) atoms. The fourth-order valence-corrected chi connectivity index (χ4v) is 2.01. The van der Waals surface area contributed by atoms with E-state index in [1.807, 2.05) is 0 Å². The summed E-state index contributed by atoms with van der Waals surface area (Å²) in [6.45, 7) is 0. The van der Waals surface area contributed by atoms with E-state index in [1.54, 1.807) is 0 Å². The van der Waals surface area contributed by atoms with Gasteiger partial charge in [0, 0.05) is 0 Å². The Bertz CT molecular complexity index is 138. The molecule has 0 N–H and O–H groups in total. The average molecular weight is 317 g/mol. The maximum Gasteiger partial charge on any atom is -0.0744 e. The first kappa shape index (κ1) is 5.94. The van der Waals surface area contributed by atoms with E-state index in [0.717, 1.165) is 0 Å². The molecule has 0 saturated carbocycles. The normalized spacial score (nSPS) is 9.43. The highest BCUT2D eigenvalue weighted by atomic mass is 127. The van der Waals surface area contributed by atoms with Crippen LogP contribution in [0.1, 0.15) is 0 Å². The first-order chi connectivity index (χ1) is 3.29. The Morgan fingerprint density at radius 2 is 2.14 bits per heavy atom. The van der Waals surface area contributed by atoms with Gasteiger partial charge >= 0.3 is 0 Å². The minimum absolute atomic E-state index is 1.32. The van der Waals surface area contributed by atoms with E-state index in [-0.39, 0.29) is 0 Å². The second-order valence-corrected chi connectivity index (χ2v) is 3.74. The summed E-state index contributed by atoms with van der Waals surface area (Å²) in [6, 6.07) is 6.34. The summed E-state index contributed by atoms with van der Waals surface area (Å²) in [6.07, 6.45) is 0. The molecule has 0 bridgehead atoms. The molecule has 0 radical (unpaired) electrons. The lowest BCUT2D eigenvalue weighted by molar-refractivity contribution is 1.85. The van der Waals surface area contributed by atoms with E-state index in [4.69, 9.17) is 0 Å². The lowest BCUT2D eigenvalue weighted by Crippen LogP contribution is -1.49. The van der Waals surface area contributed by atoms with Gasteiger partial charge < -0.3 is 0 Å². The molecule has 0 unspecified atom stereocenters. The Kier molecular flexibility index (Phi) is 2.03. The molecule has 0 heterocycles. The molecule has 0 amide bonds. The van der Waals surface area contributed by atoms with Crippen molar-refractivity contribution < 1.29 is 0 Å². The van der Waals surface area contributed by atoms with Crippen LogP contribution in [-0.4, -0.2) is 0 Å². The van der Waals surface area contributed by atoms with Crippen LogP contribution in [0.3, 0.4) is 0 Å². The molecule has 1 aromatic carbocycles. The van der Waals surface area contributed by atoms with Gasteiger partial charge in [0.05, 0.1) is 0 Å². The number of rotatable bonds is 0. The van der Waals surface area contributed by atoms with E-state index in [9.17, 15) is 0 Å². The Morgan fingerprint density at radius 3 is 2.29 bits per heavy atom. The van der Waals surface area contributed by atoms with Crippen LogP contribution in [0.25, 0.3) is 0 Å². The van der Waals surface area contributed by atoms with Crippen molar-refractivity contribution in [1.82, 2.24) is 0 Å². The zero-order chi connectivity index (χ0) is 5.28. The predicted octanol–water partition coefficient (Wildman–Crippen LogP) is 2.61. The van der Waals surface area contributed by atoms with Crippen LogP contribution in [0, 0.1) is 7.14 Å². The maximum absolute atomic E-state index is 2.30. The third-order valence-electron chi connectivity index (χ3n) is 0.678. The van der Waals surface area contributed by atoms with Crippen LogP contribution >= 0.6 is 45.2 Å². The van der Waals surface area contributed by atoms with Crippen molar-refractivity contribution in [3.05, 3.63) is 25.3 Å². The molecule has 2 heteroatoms. The third kappa shape index (κ3) is 1.64. The first-order valence-corrected chi connectivity index (χ1v) is 4.02. The van der Waals surface area contributed by atoms with Gasteiger partial charge in [0.25, 0.3) is 0 Å². The van der Waals surface area contributed by atoms with E-state index < -0.39 is 0 Å². The molecule has 0 aliphatic rings. The lowest BCUT2D eigenvalue weighted by atomic mass is 10.7. The van der Waals surface area contributed by atoms with Crippen molar-refractivity contribution in [1.29, 1.82) is 0 Å². The van der Waals surface area contributed by atoms with Crippen LogP contribution in [0.4, 0.5) is 0 Å². The van der Waals surface area contributed by atoms with Crippen molar-refractivity contribution >= 4 is 45.2 Å². The second-order valence-electron chi connectivity index (χ2n) is 1.25. The summed E-state index contributed by atoms with van der Waals surface area (Å²) in [4.78, 5) is 0. The van der Waals surface area contributed by atoms with Crippen molar-refractivity contribution in [2.75, 3.05) is 0 Å². The highest BCUT2D eigenvalue weighted by Gasteiger charge is 1.74. The summed E-state index contributed by atoms with van der Waals surface area (Å²) in [5, 5.41) is 0. The summed E-state index contributed by atoms with van der Waals surface area (Å²) >= 11 is 4.59. The van der Waals surface area contributed by atoms with Gasteiger partial charge in [-0.05, 0) is 0 Å². The summed E-state index contributed by atoms with van der Waals surface area (Å²) in [5.74, 6) is 0. The van der Waals surface area contributed by atoms with Crippen molar-refractivity contribution in [3.63, 3.8) is 0 Å². The van der Waals surface area contributed by atoms with Gasteiger partial charge in [-0.25, -0.2) is 0 Å². The highest BCUT2D eigenvalue weighted by molar-refractivity contribution is 14.1. The fourth-order valence-electron chi connectivity index (χ4n) is 0.387. The van der Waals surface area contributed by atoms with Gasteiger partial charge in [0.2, 0.25) is 0 Å². The molecular weight excluding hydrogens is 314 g/mol. The summed E-state index contributed by atoms with van der Waals surface area (Å²) in [5.41, 5.74) is 0. The third-order valence-corrected chi connectivity index (χ3v) is 2.02. The average Bonchev–Trinajstić information content (AvgIpc) is 1.87. The number of halogens is 2. The quantitative estimate of drug-likeness (QED) is 0.510. The van der Waals surface area contributed by atoms with E-state index in [0.29, 0.717) is 0 Å². The van der Waals surface area contributed by atoms with Crippen LogP contribution in [0.15, 0.2) is 18.2 Å². The minimum Gasteiger partial charge on any atom is -0.188 e. The molecular formula is C5H3I2-. The monoisotopic (exact) mass is 317 g/mol. The van der Waals surface area contributed by atoms with Crippen molar-refractivity contribution in [2.24, 2.45) is 0 Å². The Labute approximate surface area is 69.9 Å². The molecule has 0 spiro atoms. The Balaban J connectivity index is 3.04. The lowest BCUT2D eigenvalue weighted by Gasteiger charge is -1.81. The maximum atomic E-state index is 2.30. The zero-order valence-corrected chi connectivity index (χ0v) is 7.80. The highest BCUT2D eigenvalue weighted by Crippen LogP contribution is 2.10. The minimum atomic E-state index is 1.32. The summed E-state index contributed by atoms with van der Waals surface area (Å²) < 4.78 is 2.64. The van der Waals surface area contributed by atoms with E-state index in [1.165, 1.54) is 7.14 Å². The Hall–Kier alpha value is 0.810. The molecule has 0 fully saturated rings. The van der Waals surface area contributed by atoms with Crippen molar-refractivity contribution in [2.45, 2.75) is 0 Å². The largest absolute Gasteiger partial charge is 0.188 e.